The third-order valence-corrected chi connectivity index (χ3v) is 3.44. The molecule has 2 aromatic carbocycles. The summed E-state index contributed by atoms with van der Waals surface area (Å²) in [6.07, 6.45) is -0.488. The van der Waals surface area contributed by atoms with Gasteiger partial charge in [0.2, 0.25) is 5.76 Å². The molecule has 1 atom stereocenters. The molecule has 0 bridgehead atoms. The van der Waals surface area contributed by atoms with E-state index in [4.69, 9.17) is 9.15 Å². The van der Waals surface area contributed by atoms with Gasteiger partial charge in [0, 0.05) is 6.07 Å². The molecule has 0 fully saturated rings. The Bertz CT molecular complexity index is 915. The lowest BCUT2D eigenvalue weighted by atomic mass is 10.1. The summed E-state index contributed by atoms with van der Waals surface area (Å²) in [4.78, 5) is 24.1. The van der Waals surface area contributed by atoms with E-state index in [1.807, 2.05) is 30.3 Å². The average Bonchev–Trinajstić information content (AvgIpc) is 2.56. The number of ether oxygens (including phenoxy) is 1. The molecule has 1 heterocycles. The smallest absolute Gasteiger partial charge is 0.374 e. The van der Waals surface area contributed by atoms with Crippen molar-refractivity contribution >= 4 is 16.9 Å². The van der Waals surface area contributed by atoms with Gasteiger partial charge in [-0.1, -0.05) is 30.3 Å². The van der Waals surface area contributed by atoms with Crippen LogP contribution in [0.15, 0.2) is 63.8 Å². The largest absolute Gasteiger partial charge is 0.452 e. The van der Waals surface area contributed by atoms with Gasteiger partial charge in [-0.25, -0.2) is 9.18 Å². The minimum Gasteiger partial charge on any atom is -0.452 e. The van der Waals surface area contributed by atoms with Crippen LogP contribution in [-0.4, -0.2) is 5.97 Å². The van der Waals surface area contributed by atoms with Crippen molar-refractivity contribution in [3.8, 4) is 0 Å². The Hall–Kier alpha value is -2.95. The minimum absolute atomic E-state index is 0.0812. The number of halogens is 1. The molecule has 116 valence electrons. The lowest BCUT2D eigenvalue weighted by Gasteiger charge is -2.13. The molecule has 23 heavy (non-hydrogen) atoms. The van der Waals surface area contributed by atoms with E-state index in [1.165, 1.54) is 6.07 Å². The van der Waals surface area contributed by atoms with Crippen molar-refractivity contribution in [2.24, 2.45) is 0 Å². The van der Waals surface area contributed by atoms with Crippen LogP contribution < -0.4 is 5.43 Å². The summed E-state index contributed by atoms with van der Waals surface area (Å²) in [5.41, 5.74) is 0.467. The average molecular weight is 312 g/mol. The van der Waals surface area contributed by atoms with Gasteiger partial charge in [0.25, 0.3) is 0 Å². The highest BCUT2D eigenvalue weighted by atomic mass is 19.1. The van der Waals surface area contributed by atoms with Crippen LogP contribution in [-0.2, 0) is 4.74 Å². The van der Waals surface area contributed by atoms with Crippen molar-refractivity contribution in [1.82, 2.24) is 0 Å². The maximum absolute atomic E-state index is 13.2. The maximum atomic E-state index is 13.2. The van der Waals surface area contributed by atoms with Gasteiger partial charge in [0.15, 0.2) is 5.43 Å². The van der Waals surface area contributed by atoms with E-state index in [0.717, 1.165) is 23.8 Å². The van der Waals surface area contributed by atoms with Gasteiger partial charge in [-0.05, 0) is 30.7 Å². The molecule has 1 aromatic heterocycles. The Morgan fingerprint density at radius 2 is 1.87 bits per heavy atom. The molecule has 0 amide bonds. The number of hydrogen-bond acceptors (Lipinski definition) is 4. The fourth-order valence-corrected chi connectivity index (χ4v) is 2.24. The standard InChI is InChI=1S/C18H13FO4/c1-11(12-5-3-2-4-6-12)22-18(21)17-10-15(20)14-9-13(19)7-8-16(14)23-17/h2-11H,1H3/t11-/m1/s1. The molecule has 0 N–H and O–H groups in total. The lowest BCUT2D eigenvalue weighted by molar-refractivity contribution is 0.0302. The summed E-state index contributed by atoms with van der Waals surface area (Å²) in [6.45, 7) is 1.72. The molecule has 0 aliphatic rings. The first-order chi connectivity index (χ1) is 11.0. The van der Waals surface area contributed by atoms with Gasteiger partial charge in [0.05, 0.1) is 5.39 Å². The summed E-state index contributed by atoms with van der Waals surface area (Å²) in [6, 6.07) is 13.8. The molecule has 0 spiro atoms. The van der Waals surface area contributed by atoms with E-state index in [1.54, 1.807) is 6.92 Å². The molecule has 0 aliphatic carbocycles. The highest BCUT2D eigenvalue weighted by Gasteiger charge is 2.18. The van der Waals surface area contributed by atoms with Crippen molar-refractivity contribution in [2.75, 3.05) is 0 Å². The number of hydrogen-bond donors (Lipinski definition) is 0. The second-order valence-electron chi connectivity index (χ2n) is 5.07. The number of fused-ring (bicyclic) bond motifs is 1. The molecule has 3 rings (SSSR count). The fraction of sp³-hybridized carbons (Fsp3) is 0.111. The molecule has 4 nitrogen and oxygen atoms in total. The predicted octanol–water partition coefficient (Wildman–Crippen LogP) is 3.85. The Morgan fingerprint density at radius 1 is 1.13 bits per heavy atom. The van der Waals surface area contributed by atoms with Crippen molar-refractivity contribution in [3.05, 3.63) is 82.0 Å². The first-order valence-electron chi connectivity index (χ1n) is 7.04. The van der Waals surface area contributed by atoms with E-state index in [-0.39, 0.29) is 16.7 Å². The quantitative estimate of drug-likeness (QED) is 0.689. The van der Waals surface area contributed by atoms with Crippen LogP contribution in [0.2, 0.25) is 0 Å². The number of benzene rings is 2. The first kappa shape index (κ1) is 15.0. The second kappa shape index (κ2) is 6.04. The molecule has 3 aromatic rings. The molecule has 0 unspecified atom stereocenters. The maximum Gasteiger partial charge on any atom is 0.374 e. The van der Waals surface area contributed by atoms with Crippen molar-refractivity contribution in [2.45, 2.75) is 13.0 Å². The summed E-state index contributed by atoms with van der Waals surface area (Å²) in [5, 5.41) is 0.0812. The number of rotatable bonds is 3. The van der Waals surface area contributed by atoms with Gasteiger partial charge >= 0.3 is 5.97 Å². The molecule has 0 saturated heterocycles. The van der Waals surface area contributed by atoms with Crippen molar-refractivity contribution in [1.29, 1.82) is 0 Å². The van der Waals surface area contributed by atoms with Crippen LogP contribution in [0, 0.1) is 5.82 Å². The molecular weight excluding hydrogens is 299 g/mol. The van der Waals surface area contributed by atoms with Crippen LogP contribution in [0.4, 0.5) is 4.39 Å². The molecule has 0 aliphatic heterocycles. The molecule has 0 radical (unpaired) electrons. The van der Waals surface area contributed by atoms with Gasteiger partial charge in [-0.2, -0.15) is 0 Å². The van der Waals surface area contributed by atoms with E-state index in [0.29, 0.717) is 0 Å². The first-order valence-corrected chi connectivity index (χ1v) is 7.04. The summed E-state index contributed by atoms with van der Waals surface area (Å²) >= 11 is 0. The van der Waals surface area contributed by atoms with Crippen LogP contribution in [0.25, 0.3) is 11.0 Å². The summed E-state index contributed by atoms with van der Waals surface area (Å²) in [5.74, 6) is -1.50. The zero-order chi connectivity index (χ0) is 16.4. The highest BCUT2D eigenvalue weighted by molar-refractivity contribution is 5.89. The molecule has 0 saturated carbocycles. The predicted molar refractivity (Wildman–Crippen MR) is 82.7 cm³/mol. The van der Waals surface area contributed by atoms with Crippen LogP contribution in [0.1, 0.15) is 29.1 Å². The SMILES string of the molecule is C[C@@H](OC(=O)c1cc(=O)c2cc(F)ccc2o1)c1ccccc1. The van der Waals surface area contributed by atoms with Gasteiger partial charge in [-0.15, -0.1) is 0 Å². The molecule has 5 heteroatoms. The number of esters is 1. The van der Waals surface area contributed by atoms with Crippen molar-refractivity contribution < 1.29 is 18.3 Å². The van der Waals surface area contributed by atoms with E-state index < -0.39 is 23.3 Å². The summed E-state index contributed by atoms with van der Waals surface area (Å²) < 4.78 is 23.8. The summed E-state index contributed by atoms with van der Waals surface area (Å²) in [7, 11) is 0. The highest BCUT2D eigenvalue weighted by Crippen LogP contribution is 2.19. The van der Waals surface area contributed by atoms with Gasteiger partial charge in [-0.3, -0.25) is 4.79 Å². The number of carbonyl (C=O) groups is 1. The normalized spacial score (nSPS) is 12.1. The fourth-order valence-electron chi connectivity index (χ4n) is 2.24. The van der Waals surface area contributed by atoms with E-state index in [2.05, 4.69) is 0 Å². The zero-order valence-corrected chi connectivity index (χ0v) is 12.3. The Balaban J connectivity index is 1.89. The zero-order valence-electron chi connectivity index (χ0n) is 12.3. The monoisotopic (exact) mass is 312 g/mol. The minimum atomic E-state index is -0.746. The van der Waals surface area contributed by atoms with Crippen LogP contribution >= 0.6 is 0 Å². The van der Waals surface area contributed by atoms with Crippen LogP contribution in [0.3, 0.4) is 0 Å². The Kier molecular flexibility index (Phi) is 3.93. The topological polar surface area (TPSA) is 56.5 Å². The van der Waals surface area contributed by atoms with E-state index >= 15 is 0 Å². The number of carbonyl (C=O) groups excluding carboxylic acids is 1. The van der Waals surface area contributed by atoms with Gasteiger partial charge < -0.3 is 9.15 Å². The Morgan fingerprint density at radius 3 is 2.61 bits per heavy atom. The molecular formula is C18H13FO4. The van der Waals surface area contributed by atoms with Gasteiger partial charge in [0.1, 0.15) is 17.5 Å². The second-order valence-corrected chi connectivity index (χ2v) is 5.07. The Labute approximate surface area is 131 Å². The van der Waals surface area contributed by atoms with Crippen molar-refractivity contribution in [3.63, 3.8) is 0 Å². The third kappa shape index (κ3) is 3.13. The van der Waals surface area contributed by atoms with E-state index in [9.17, 15) is 14.0 Å². The lowest BCUT2D eigenvalue weighted by Crippen LogP contribution is -2.12. The van der Waals surface area contributed by atoms with Crippen LogP contribution in [0.5, 0.6) is 0 Å². The third-order valence-electron chi connectivity index (χ3n) is 3.44.